The van der Waals surface area contributed by atoms with Gasteiger partial charge in [0, 0.05) is 11.4 Å². The van der Waals surface area contributed by atoms with Gasteiger partial charge >= 0.3 is 0 Å². The number of aryl methyl sites for hydroxylation is 2. The van der Waals surface area contributed by atoms with Gasteiger partial charge in [0.15, 0.2) is 17.2 Å². The summed E-state index contributed by atoms with van der Waals surface area (Å²) in [6, 6.07) is 7.80. The van der Waals surface area contributed by atoms with Crippen molar-refractivity contribution in [2.75, 3.05) is 0 Å². The number of aromatic amines is 1. The summed E-state index contributed by atoms with van der Waals surface area (Å²) in [5.41, 5.74) is 1.66. The maximum atomic E-state index is 13.5. The number of aromatic nitrogens is 3. The molecule has 0 fully saturated rings. The summed E-state index contributed by atoms with van der Waals surface area (Å²) in [5, 5.41) is 10.3. The van der Waals surface area contributed by atoms with Crippen LogP contribution < -0.4 is 5.56 Å². The molecule has 2 heterocycles. The minimum atomic E-state index is -0.499. The molecular formula is C14H12FN5O. The van der Waals surface area contributed by atoms with Crippen molar-refractivity contribution in [3.63, 3.8) is 0 Å². The summed E-state index contributed by atoms with van der Waals surface area (Å²) >= 11 is 0. The highest BCUT2D eigenvalue weighted by atomic mass is 19.1. The van der Waals surface area contributed by atoms with Crippen LogP contribution in [0.25, 0.3) is 5.65 Å². The third-order valence-corrected chi connectivity index (χ3v) is 3.01. The molecule has 106 valence electrons. The Bertz CT molecular complexity index is 909. The molecule has 2 aromatic heterocycles. The number of nitrogens with zero attached hydrogens (tertiary/aromatic N) is 4. The molecule has 1 aromatic carbocycles. The second-order valence-electron chi connectivity index (χ2n) is 4.64. The first-order valence-electron chi connectivity index (χ1n) is 6.31. The molecule has 0 aliphatic carbocycles. The molecule has 0 radical (unpaired) electrons. The normalized spacial score (nSPS) is 11.6. The van der Waals surface area contributed by atoms with Crippen LogP contribution in [0.5, 0.6) is 0 Å². The number of benzene rings is 1. The zero-order valence-electron chi connectivity index (χ0n) is 11.5. The van der Waals surface area contributed by atoms with Crippen molar-refractivity contribution >= 4 is 17.0 Å². The van der Waals surface area contributed by atoms with E-state index in [0.717, 1.165) is 11.4 Å². The standard InChI is InChI=1S/C14H12FN5O/c1-8-7-9(2)20-13(16-8)12(14(21)19-20)18-17-11-6-4-3-5-10(11)15/h3-7H,1-2H3,(H,19,21). The fourth-order valence-corrected chi connectivity index (χ4v) is 2.07. The van der Waals surface area contributed by atoms with Crippen LogP contribution in [0.15, 0.2) is 45.4 Å². The lowest BCUT2D eigenvalue weighted by atomic mass is 10.3. The van der Waals surface area contributed by atoms with Crippen LogP contribution in [0.1, 0.15) is 11.4 Å². The predicted octanol–water partition coefficient (Wildman–Crippen LogP) is 3.19. The van der Waals surface area contributed by atoms with Gasteiger partial charge in [0.05, 0.1) is 0 Å². The molecule has 6 nitrogen and oxygen atoms in total. The number of hydrogen-bond acceptors (Lipinski definition) is 4. The first-order chi connectivity index (χ1) is 10.1. The molecule has 0 aliphatic heterocycles. The maximum Gasteiger partial charge on any atom is 0.294 e. The second-order valence-corrected chi connectivity index (χ2v) is 4.64. The van der Waals surface area contributed by atoms with Crippen LogP contribution in [-0.2, 0) is 0 Å². The first kappa shape index (κ1) is 13.2. The van der Waals surface area contributed by atoms with Gasteiger partial charge in [-0.3, -0.25) is 9.89 Å². The van der Waals surface area contributed by atoms with Crippen molar-refractivity contribution in [3.8, 4) is 0 Å². The molecule has 3 aromatic rings. The molecule has 0 unspecified atom stereocenters. The number of nitrogens with one attached hydrogen (secondary N) is 1. The molecule has 1 N–H and O–H groups in total. The number of hydrogen-bond donors (Lipinski definition) is 1. The van der Waals surface area contributed by atoms with Gasteiger partial charge in [0.25, 0.3) is 5.56 Å². The van der Waals surface area contributed by atoms with Gasteiger partial charge in [0.2, 0.25) is 0 Å². The van der Waals surface area contributed by atoms with Gasteiger partial charge in [0.1, 0.15) is 5.69 Å². The third-order valence-electron chi connectivity index (χ3n) is 3.01. The lowest BCUT2D eigenvalue weighted by Gasteiger charge is -2.00. The highest BCUT2D eigenvalue weighted by molar-refractivity contribution is 5.63. The molecular weight excluding hydrogens is 273 g/mol. The number of fused-ring (bicyclic) bond motifs is 1. The maximum absolute atomic E-state index is 13.5. The Labute approximate surface area is 119 Å². The Balaban J connectivity index is 2.15. The zero-order chi connectivity index (χ0) is 15.0. The second kappa shape index (κ2) is 4.93. The smallest absolute Gasteiger partial charge is 0.265 e. The Morgan fingerprint density at radius 1 is 1.24 bits per heavy atom. The monoisotopic (exact) mass is 285 g/mol. The van der Waals surface area contributed by atoms with E-state index in [1.165, 1.54) is 16.6 Å². The molecule has 0 saturated carbocycles. The van der Waals surface area contributed by atoms with Crippen molar-refractivity contribution in [2.24, 2.45) is 10.2 Å². The fourth-order valence-electron chi connectivity index (χ4n) is 2.07. The fraction of sp³-hybridized carbons (Fsp3) is 0.143. The Morgan fingerprint density at radius 2 is 2.00 bits per heavy atom. The summed E-state index contributed by atoms with van der Waals surface area (Å²) in [5.74, 6) is -0.499. The van der Waals surface area contributed by atoms with Gasteiger partial charge in [-0.1, -0.05) is 12.1 Å². The molecule has 3 rings (SSSR count). The minimum absolute atomic E-state index is 0.0602. The minimum Gasteiger partial charge on any atom is -0.265 e. The van der Waals surface area contributed by atoms with Crippen molar-refractivity contribution < 1.29 is 4.39 Å². The molecule has 7 heteroatoms. The van der Waals surface area contributed by atoms with Crippen molar-refractivity contribution in [1.82, 2.24) is 14.6 Å². The van der Waals surface area contributed by atoms with E-state index in [0.29, 0.717) is 5.65 Å². The molecule has 21 heavy (non-hydrogen) atoms. The number of azo groups is 1. The van der Waals surface area contributed by atoms with E-state index >= 15 is 0 Å². The highest BCUT2D eigenvalue weighted by Gasteiger charge is 2.12. The Kier molecular flexibility index (Phi) is 3.09. The van der Waals surface area contributed by atoms with Gasteiger partial charge in [-0.05, 0) is 32.0 Å². The largest absolute Gasteiger partial charge is 0.294 e. The first-order valence-corrected chi connectivity index (χ1v) is 6.31. The van der Waals surface area contributed by atoms with Gasteiger partial charge in [-0.25, -0.2) is 13.9 Å². The third kappa shape index (κ3) is 2.33. The number of rotatable bonds is 2. The Morgan fingerprint density at radius 3 is 2.76 bits per heavy atom. The summed E-state index contributed by atoms with van der Waals surface area (Å²) in [6.45, 7) is 3.66. The van der Waals surface area contributed by atoms with Crippen LogP contribution in [0.4, 0.5) is 15.8 Å². The van der Waals surface area contributed by atoms with Gasteiger partial charge in [-0.2, -0.15) is 0 Å². The lowest BCUT2D eigenvalue weighted by molar-refractivity contribution is 0.628. The molecule has 0 bridgehead atoms. The molecule has 0 amide bonds. The van der Waals surface area contributed by atoms with E-state index in [-0.39, 0.29) is 11.4 Å². The molecule has 0 aliphatic rings. The summed E-state index contributed by atoms with van der Waals surface area (Å²) < 4.78 is 15.0. The Hall–Kier alpha value is -2.83. The number of halogens is 1. The van der Waals surface area contributed by atoms with Crippen LogP contribution in [0.3, 0.4) is 0 Å². The summed E-state index contributed by atoms with van der Waals surface area (Å²) in [6.07, 6.45) is 0. The summed E-state index contributed by atoms with van der Waals surface area (Å²) in [4.78, 5) is 16.2. The van der Waals surface area contributed by atoms with E-state index in [4.69, 9.17) is 0 Å². The van der Waals surface area contributed by atoms with Gasteiger partial charge < -0.3 is 0 Å². The number of H-pyrrole nitrogens is 1. The molecule has 0 spiro atoms. The van der Waals surface area contributed by atoms with E-state index < -0.39 is 11.4 Å². The van der Waals surface area contributed by atoms with Crippen molar-refractivity contribution in [2.45, 2.75) is 13.8 Å². The van der Waals surface area contributed by atoms with Crippen LogP contribution in [0.2, 0.25) is 0 Å². The van der Waals surface area contributed by atoms with Crippen molar-refractivity contribution in [1.29, 1.82) is 0 Å². The van der Waals surface area contributed by atoms with E-state index in [9.17, 15) is 9.18 Å². The highest BCUT2D eigenvalue weighted by Crippen LogP contribution is 2.21. The quantitative estimate of drug-likeness (QED) is 0.734. The average molecular weight is 285 g/mol. The predicted molar refractivity (Wildman–Crippen MR) is 75.9 cm³/mol. The lowest BCUT2D eigenvalue weighted by Crippen LogP contribution is -2.02. The van der Waals surface area contributed by atoms with Crippen LogP contribution in [0, 0.1) is 19.7 Å². The van der Waals surface area contributed by atoms with E-state index in [1.807, 2.05) is 19.9 Å². The van der Waals surface area contributed by atoms with Crippen LogP contribution >= 0.6 is 0 Å². The topological polar surface area (TPSA) is 74.9 Å². The zero-order valence-corrected chi connectivity index (χ0v) is 11.5. The average Bonchev–Trinajstić information content (AvgIpc) is 2.75. The van der Waals surface area contributed by atoms with Crippen LogP contribution in [-0.4, -0.2) is 14.6 Å². The SMILES string of the molecule is Cc1cc(C)n2[nH]c(=O)c(N=Nc3ccccc3F)c2n1. The van der Waals surface area contributed by atoms with E-state index in [1.54, 1.807) is 12.1 Å². The molecule has 0 atom stereocenters. The van der Waals surface area contributed by atoms with Gasteiger partial charge in [-0.15, -0.1) is 10.2 Å². The summed E-state index contributed by atoms with van der Waals surface area (Å²) in [7, 11) is 0. The van der Waals surface area contributed by atoms with Crippen molar-refractivity contribution in [3.05, 3.63) is 57.9 Å². The van der Waals surface area contributed by atoms with E-state index in [2.05, 4.69) is 20.3 Å². The molecule has 0 saturated heterocycles.